The lowest BCUT2D eigenvalue weighted by Crippen LogP contribution is -2.50. The fourth-order valence-electron chi connectivity index (χ4n) is 4.33. The molecule has 2 nitrogen and oxygen atoms in total. The molecule has 3 heteroatoms. The van der Waals surface area contributed by atoms with E-state index in [-0.39, 0.29) is 7.92 Å². The average molecular weight is 327 g/mol. The molecule has 0 unspecified atom stereocenters. The SMILES string of the molecule is CC(C)NC(NC(C)C)P(C1CCCCC1)C1CCCCC1. The lowest BCUT2D eigenvalue weighted by molar-refractivity contribution is 0.427. The number of rotatable bonds is 7. The van der Waals surface area contributed by atoms with E-state index in [0.29, 0.717) is 18.0 Å². The highest BCUT2D eigenvalue weighted by Crippen LogP contribution is 2.57. The first-order valence-corrected chi connectivity index (χ1v) is 11.4. The van der Waals surface area contributed by atoms with E-state index in [1.165, 1.54) is 64.2 Å². The summed E-state index contributed by atoms with van der Waals surface area (Å²) in [5, 5.41) is 7.85. The zero-order valence-corrected chi connectivity index (χ0v) is 16.3. The van der Waals surface area contributed by atoms with Gasteiger partial charge in [0.05, 0.1) is 5.91 Å². The van der Waals surface area contributed by atoms with Gasteiger partial charge in [-0.2, -0.15) is 0 Å². The van der Waals surface area contributed by atoms with Gasteiger partial charge in [0.25, 0.3) is 0 Å². The second kappa shape index (κ2) is 9.60. The Bertz CT molecular complexity index is 266. The van der Waals surface area contributed by atoms with Gasteiger partial charge in [-0.25, -0.2) is 0 Å². The highest BCUT2D eigenvalue weighted by Gasteiger charge is 2.36. The van der Waals surface area contributed by atoms with Crippen molar-refractivity contribution in [2.24, 2.45) is 0 Å². The molecule has 0 atom stereocenters. The monoisotopic (exact) mass is 326 g/mol. The molecule has 2 N–H and O–H groups in total. The van der Waals surface area contributed by atoms with Crippen LogP contribution in [0.5, 0.6) is 0 Å². The quantitative estimate of drug-likeness (QED) is 0.482. The Kier molecular flexibility index (Phi) is 8.15. The van der Waals surface area contributed by atoms with Gasteiger partial charge in [0.15, 0.2) is 0 Å². The Morgan fingerprint density at radius 3 is 1.32 bits per heavy atom. The normalized spacial score (nSPS) is 22.4. The maximum atomic E-state index is 3.92. The molecule has 2 saturated carbocycles. The molecule has 2 aliphatic rings. The summed E-state index contributed by atoms with van der Waals surface area (Å²) < 4.78 is 0. The molecule has 130 valence electrons. The van der Waals surface area contributed by atoms with Gasteiger partial charge >= 0.3 is 0 Å². The van der Waals surface area contributed by atoms with Crippen LogP contribution in [0.25, 0.3) is 0 Å². The third-order valence-corrected chi connectivity index (χ3v) is 8.89. The molecule has 0 spiro atoms. The Labute approximate surface area is 140 Å². The third-order valence-electron chi connectivity index (χ3n) is 5.27. The van der Waals surface area contributed by atoms with E-state index >= 15 is 0 Å². The molecule has 0 heterocycles. The molecule has 0 amide bonds. The number of hydrogen-bond donors (Lipinski definition) is 2. The lowest BCUT2D eigenvalue weighted by Gasteiger charge is -2.44. The maximum absolute atomic E-state index is 3.92. The van der Waals surface area contributed by atoms with E-state index in [2.05, 4.69) is 38.3 Å². The van der Waals surface area contributed by atoms with E-state index in [9.17, 15) is 0 Å². The van der Waals surface area contributed by atoms with E-state index < -0.39 is 0 Å². The molecule has 2 aliphatic carbocycles. The third kappa shape index (κ3) is 5.77. The lowest BCUT2D eigenvalue weighted by atomic mass is 9.99. The van der Waals surface area contributed by atoms with Crippen molar-refractivity contribution >= 4 is 7.92 Å². The van der Waals surface area contributed by atoms with Gasteiger partial charge in [0, 0.05) is 12.1 Å². The first kappa shape index (κ1) is 18.7. The van der Waals surface area contributed by atoms with Crippen LogP contribution in [0.2, 0.25) is 0 Å². The molecule has 0 bridgehead atoms. The highest BCUT2D eigenvalue weighted by molar-refractivity contribution is 7.59. The van der Waals surface area contributed by atoms with Crippen molar-refractivity contribution in [3.8, 4) is 0 Å². The van der Waals surface area contributed by atoms with Crippen molar-refractivity contribution in [2.45, 2.75) is 121 Å². The minimum atomic E-state index is 0.0523. The topological polar surface area (TPSA) is 24.1 Å². The van der Waals surface area contributed by atoms with Crippen LogP contribution in [0.3, 0.4) is 0 Å². The van der Waals surface area contributed by atoms with Crippen LogP contribution in [0.15, 0.2) is 0 Å². The van der Waals surface area contributed by atoms with Crippen LogP contribution in [-0.4, -0.2) is 29.3 Å². The predicted octanol–water partition coefficient (Wildman–Crippen LogP) is 5.41. The van der Waals surface area contributed by atoms with Crippen molar-refractivity contribution in [1.29, 1.82) is 0 Å². The molecule has 0 aromatic carbocycles. The zero-order chi connectivity index (χ0) is 15.9. The van der Waals surface area contributed by atoms with Gasteiger partial charge < -0.3 is 0 Å². The number of hydrogen-bond acceptors (Lipinski definition) is 2. The first-order chi connectivity index (χ1) is 10.6. The minimum Gasteiger partial charge on any atom is -0.296 e. The zero-order valence-electron chi connectivity index (χ0n) is 15.4. The predicted molar refractivity (Wildman–Crippen MR) is 101 cm³/mol. The summed E-state index contributed by atoms with van der Waals surface area (Å²) in [4.78, 5) is 0. The molecule has 2 rings (SSSR count). The summed E-state index contributed by atoms with van der Waals surface area (Å²) >= 11 is 0. The van der Waals surface area contributed by atoms with Crippen LogP contribution in [0.1, 0.15) is 91.9 Å². The van der Waals surface area contributed by atoms with Crippen molar-refractivity contribution < 1.29 is 0 Å². The van der Waals surface area contributed by atoms with Gasteiger partial charge in [0.2, 0.25) is 0 Å². The van der Waals surface area contributed by atoms with Gasteiger partial charge in [0.1, 0.15) is 0 Å². The van der Waals surface area contributed by atoms with Crippen molar-refractivity contribution in [2.75, 3.05) is 0 Å². The average Bonchev–Trinajstić information content (AvgIpc) is 2.48. The van der Waals surface area contributed by atoms with Crippen molar-refractivity contribution in [3.63, 3.8) is 0 Å². The summed E-state index contributed by atoms with van der Waals surface area (Å²) in [7, 11) is 0.0523. The molecule has 0 radical (unpaired) electrons. The number of nitrogens with one attached hydrogen (secondary N) is 2. The molecule has 0 aromatic heterocycles. The smallest absolute Gasteiger partial charge is 0.0781 e. The molecular formula is C19H39N2P. The Morgan fingerprint density at radius 2 is 1.00 bits per heavy atom. The Hall–Kier alpha value is 0.350. The maximum Gasteiger partial charge on any atom is 0.0781 e. The van der Waals surface area contributed by atoms with E-state index in [0.717, 1.165) is 11.3 Å². The Balaban J connectivity index is 2.13. The molecule has 0 aliphatic heterocycles. The van der Waals surface area contributed by atoms with Crippen molar-refractivity contribution in [1.82, 2.24) is 10.6 Å². The summed E-state index contributed by atoms with van der Waals surface area (Å²) in [5.41, 5.74) is 2.02. The second-order valence-corrected chi connectivity index (χ2v) is 10.9. The summed E-state index contributed by atoms with van der Waals surface area (Å²) in [6, 6.07) is 1.15. The van der Waals surface area contributed by atoms with Crippen LogP contribution in [0.4, 0.5) is 0 Å². The van der Waals surface area contributed by atoms with Crippen LogP contribution < -0.4 is 10.6 Å². The molecular weight excluding hydrogens is 287 g/mol. The molecule has 22 heavy (non-hydrogen) atoms. The van der Waals surface area contributed by atoms with E-state index in [1.54, 1.807) is 0 Å². The van der Waals surface area contributed by atoms with Crippen LogP contribution >= 0.6 is 7.92 Å². The molecule has 2 fully saturated rings. The molecule has 0 aromatic rings. The second-order valence-electron chi connectivity index (χ2n) is 8.08. The van der Waals surface area contributed by atoms with Crippen LogP contribution in [0, 0.1) is 0 Å². The highest BCUT2D eigenvalue weighted by atomic mass is 31.1. The van der Waals surface area contributed by atoms with Gasteiger partial charge in [-0.1, -0.05) is 46.4 Å². The summed E-state index contributed by atoms with van der Waals surface area (Å²) in [6.45, 7) is 9.24. The van der Waals surface area contributed by atoms with Crippen molar-refractivity contribution in [3.05, 3.63) is 0 Å². The summed E-state index contributed by atoms with van der Waals surface area (Å²) in [5.74, 6) is 0.571. The minimum absolute atomic E-state index is 0.0523. The Morgan fingerprint density at radius 1 is 0.636 bits per heavy atom. The van der Waals surface area contributed by atoms with Gasteiger partial charge in [-0.15, -0.1) is 0 Å². The standard InChI is InChI=1S/C19H39N2P/c1-15(2)20-19(21-16(3)4)22(17-11-7-5-8-12-17)18-13-9-6-10-14-18/h15-21H,5-14H2,1-4H3. The fraction of sp³-hybridized carbons (Fsp3) is 1.00. The van der Waals surface area contributed by atoms with Gasteiger partial charge in [-0.3, -0.25) is 10.6 Å². The largest absolute Gasteiger partial charge is 0.296 e. The fourth-order valence-corrected chi connectivity index (χ4v) is 8.63. The van der Waals surface area contributed by atoms with Gasteiger partial charge in [-0.05, 0) is 64.7 Å². The van der Waals surface area contributed by atoms with Crippen LogP contribution in [-0.2, 0) is 0 Å². The van der Waals surface area contributed by atoms with E-state index in [4.69, 9.17) is 0 Å². The van der Waals surface area contributed by atoms with E-state index in [1.807, 2.05) is 0 Å². The molecule has 0 saturated heterocycles. The first-order valence-electron chi connectivity index (χ1n) is 9.87. The summed E-state index contributed by atoms with van der Waals surface area (Å²) in [6.07, 6.45) is 14.9.